The van der Waals surface area contributed by atoms with Gasteiger partial charge in [-0.15, -0.1) is 0 Å². The first-order valence-corrected chi connectivity index (χ1v) is 8.03. The molecule has 0 aliphatic heterocycles. The van der Waals surface area contributed by atoms with Gasteiger partial charge in [0.25, 0.3) is 0 Å². The van der Waals surface area contributed by atoms with Crippen LogP contribution in [-0.4, -0.2) is 23.7 Å². The molecule has 21 heavy (non-hydrogen) atoms. The molecule has 0 saturated heterocycles. The Morgan fingerprint density at radius 1 is 1.38 bits per heavy atom. The number of aromatic nitrogens is 1. The second-order valence-corrected chi connectivity index (χ2v) is 6.11. The number of hydrogen-bond acceptors (Lipinski definition) is 4. The molecule has 1 heterocycles. The highest BCUT2D eigenvalue weighted by molar-refractivity contribution is 5.76. The summed E-state index contributed by atoms with van der Waals surface area (Å²) >= 11 is 0. The molecular formula is C16H27N3O2. The van der Waals surface area contributed by atoms with Crippen LogP contribution < -0.4 is 11.1 Å². The van der Waals surface area contributed by atoms with Crippen molar-refractivity contribution in [2.24, 2.45) is 11.7 Å². The average molecular weight is 293 g/mol. The van der Waals surface area contributed by atoms with Crippen LogP contribution in [0.25, 0.3) is 0 Å². The predicted octanol–water partition coefficient (Wildman–Crippen LogP) is 2.25. The van der Waals surface area contributed by atoms with Crippen molar-refractivity contribution in [3.63, 3.8) is 0 Å². The van der Waals surface area contributed by atoms with E-state index in [0.29, 0.717) is 25.3 Å². The van der Waals surface area contributed by atoms with Crippen LogP contribution in [0.15, 0.2) is 4.52 Å². The lowest BCUT2D eigenvalue weighted by Gasteiger charge is -2.30. The van der Waals surface area contributed by atoms with Crippen LogP contribution in [0.2, 0.25) is 0 Å². The molecular weight excluding hydrogens is 266 g/mol. The largest absolute Gasteiger partial charge is 0.361 e. The third kappa shape index (κ3) is 4.30. The lowest BCUT2D eigenvalue weighted by Crippen LogP contribution is -2.46. The van der Waals surface area contributed by atoms with Gasteiger partial charge in [-0.25, -0.2) is 0 Å². The highest BCUT2D eigenvalue weighted by Crippen LogP contribution is 2.26. The van der Waals surface area contributed by atoms with E-state index in [1.165, 1.54) is 32.1 Å². The summed E-state index contributed by atoms with van der Waals surface area (Å²) in [7, 11) is 0. The summed E-state index contributed by atoms with van der Waals surface area (Å²) < 4.78 is 5.12. The Bertz CT molecular complexity index is 445. The van der Waals surface area contributed by atoms with Gasteiger partial charge >= 0.3 is 0 Å². The van der Waals surface area contributed by atoms with Crippen molar-refractivity contribution in [3.05, 3.63) is 17.0 Å². The van der Waals surface area contributed by atoms with Crippen LogP contribution in [0.5, 0.6) is 0 Å². The second-order valence-electron chi connectivity index (χ2n) is 6.11. The summed E-state index contributed by atoms with van der Waals surface area (Å²) in [6.45, 7) is 4.33. The fourth-order valence-corrected chi connectivity index (χ4v) is 3.28. The van der Waals surface area contributed by atoms with Crippen molar-refractivity contribution in [1.29, 1.82) is 0 Å². The fraction of sp³-hybridized carbons (Fsp3) is 0.750. The zero-order valence-electron chi connectivity index (χ0n) is 13.2. The normalized spacial score (nSPS) is 17.7. The third-order valence-corrected chi connectivity index (χ3v) is 4.60. The van der Waals surface area contributed by atoms with Gasteiger partial charge in [0.05, 0.1) is 5.69 Å². The molecule has 0 radical (unpaired) electrons. The molecule has 2 rings (SSSR count). The fourth-order valence-electron chi connectivity index (χ4n) is 3.28. The van der Waals surface area contributed by atoms with Crippen LogP contribution in [0.3, 0.4) is 0 Å². The number of rotatable bonds is 6. The van der Waals surface area contributed by atoms with Crippen LogP contribution in [0, 0.1) is 19.8 Å². The number of nitrogens with one attached hydrogen (secondary N) is 1. The maximum absolute atomic E-state index is 12.2. The SMILES string of the molecule is Cc1noc(C)c1CCC(=O)NC(CN)C1CCCCC1. The first-order valence-electron chi connectivity index (χ1n) is 8.03. The zero-order chi connectivity index (χ0) is 15.2. The van der Waals surface area contributed by atoms with E-state index < -0.39 is 0 Å². The number of aryl methyl sites for hydroxylation is 2. The molecule has 0 spiro atoms. The topological polar surface area (TPSA) is 81.2 Å². The van der Waals surface area contributed by atoms with E-state index in [0.717, 1.165) is 17.0 Å². The highest BCUT2D eigenvalue weighted by atomic mass is 16.5. The van der Waals surface area contributed by atoms with Gasteiger partial charge < -0.3 is 15.6 Å². The Hall–Kier alpha value is -1.36. The maximum Gasteiger partial charge on any atom is 0.220 e. The van der Waals surface area contributed by atoms with Crippen molar-refractivity contribution >= 4 is 5.91 Å². The average Bonchev–Trinajstić information content (AvgIpc) is 2.82. The number of amides is 1. The molecule has 1 amide bonds. The molecule has 0 aromatic carbocycles. The van der Waals surface area contributed by atoms with E-state index in [4.69, 9.17) is 10.3 Å². The van der Waals surface area contributed by atoms with E-state index in [-0.39, 0.29) is 11.9 Å². The molecule has 1 unspecified atom stereocenters. The molecule has 0 bridgehead atoms. The Morgan fingerprint density at radius 2 is 2.10 bits per heavy atom. The lowest BCUT2D eigenvalue weighted by atomic mass is 9.84. The summed E-state index contributed by atoms with van der Waals surface area (Å²) in [5.41, 5.74) is 7.78. The molecule has 3 N–H and O–H groups in total. The van der Waals surface area contributed by atoms with Gasteiger partial charge in [-0.2, -0.15) is 0 Å². The molecule has 1 aromatic heterocycles. The predicted molar refractivity (Wildman–Crippen MR) is 81.9 cm³/mol. The lowest BCUT2D eigenvalue weighted by molar-refractivity contribution is -0.122. The van der Waals surface area contributed by atoms with Crippen molar-refractivity contribution in [2.75, 3.05) is 6.54 Å². The van der Waals surface area contributed by atoms with E-state index in [2.05, 4.69) is 10.5 Å². The molecule has 1 aliphatic carbocycles. The summed E-state index contributed by atoms with van der Waals surface area (Å²) in [4.78, 5) is 12.2. The van der Waals surface area contributed by atoms with Gasteiger partial charge in [-0.05, 0) is 39.0 Å². The Balaban J connectivity index is 1.82. The Labute approximate surface area is 126 Å². The number of carbonyl (C=O) groups is 1. The third-order valence-electron chi connectivity index (χ3n) is 4.60. The minimum Gasteiger partial charge on any atom is -0.361 e. The van der Waals surface area contributed by atoms with Crippen LogP contribution in [-0.2, 0) is 11.2 Å². The summed E-state index contributed by atoms with van der Waals surface area (Å²) in [5.74, 6) is 1.44. The van der Waals surface area contributed by atoms with Gasteiger partial charge in [0, 0.05) is 24.6 Å². The molecule has 1 aromatic rings. The van der Waals surface area contributed by atoms with E-state index >= 15 is 0 Å². The molecule has 5 nitrogen and oxygen atoms in total. The van der Waals surface area contributed by atoms with Gasteiger partial charge in [0.15, 0.2) is 0 Å². The Kier molecular flexibility index (Phi) is 5.79. The maximum atomic E-state index is 12.2. The van der Waals surface area contributed by atoms with Crippen LogP contribution in [0.1, 0.15) is 55.5 Å². The minimum atomic E-state index is 0.0797. The number of nitrogens with zero attached hydrogens (tertiary/aromatic N) is 1. The molecule has 1 atom stereocenters. The smallest absolute Gasteiger partial charge is 0.220 e. The van der Waals surface area contributed by atoms with Crippen molar-refractivity contribution in [3.8, 4) is 0 Å². The molecule has 1 aliphatic rings. The van der Waals surface area contributed by atoms with Gasteiger partial charge in [-0.3, -0.25) is 4.79 Å². The van der Waals surface area contributed by atoms with Crippen LogP contribution >= 0.6 is 0 Å². The van der Waals surface area contributed by atoms with E-state index in [1.807, 2.05) is 13.8 Å². The van der Waals surface area contributed by atoms with Crippen molar-refractivity contribution in [2.45, 2.75) is 64.8 Å². The first kappa shape index (κ1) is 16.0. The summed E-state index contributed by atoms with van der Waals surface area (Å²) in [6.07, 6.45) is 7.35. The van der Waals surface area contributed by atoms with Gasteiger partial charge in [-0.1, -0.05) is 24.4 Å². The molecule has 118 valence electrons. The number of hydrogen-bond donors (Lipinski definition) is 2. The number of carbonyl (C=O) groups excluding carboxylic acids is 1. The summed E-state index contributed by atoms with van der Waals surface area (Å²) in [6, 6.07) is 0.127. The number of nitrogens with two attached hydrogens (primary N) is 1. The van der Waals surface area contributed by atoms with E-state index in [9.17, 15) is 4.79 Å². The second kappa shape index (κ2) is 7.59. The minimum absolute atomic E-state index is 0.0797. The van der Waals surface area contributed by atoms with Crippen molar-refractivity contribution in [1.82, 2.24) is 10.5 Å². The molecule has 1 saturated carbocycles. The quantitative estimate of drug-likeness (QED) is 0.843. The molecule has 1 fully saturated rings. The zero-order valence-corrected chi connectivity index (χ0v) is 13.2. The first-order chi connectivity index (χ1) is 10.1. The standard InChI is InChI=1S/C16H27N3O2/c1-11-14(12(2)21-19-11)8-9-16(20)18-15(10-17)13-6-4-3-5-7-13/h13,15H,3-10,17H2,1-2H3,(H,18,20). The summed E-state index contributed by atoms with van der Waals surface area (Å²) in [5, 5.41) is 7.04. The van der Waals surface area contributed by atoms with Crippen LogP contribution in [0.4, 0.5) is 0 Å². The monoisotopic (exact) mass is 293 g/mol. The van der Waals surface area contributed by atoms with E-state index in [1.54, 1.807) is 0 Å². The molecule has 5 heteroatoms. The van der Waals surface area contributed by atoms with Gasteiger partial charge in [0.1, 0.15) is 5.76 Å². The van der Waals surface area contributed by atoms with Crippen molar-refractivity contribution < 1.29 is 9.32 Å². The van der Waals surface area contributed by atoms with Gasteiger partial charge in [0.2, 0.25) is 5.91 Å². The Morgan fingerprint density at radius 3 is 2.67 bits per heavy atom. The highest BCUT2D eigenvalue weighted by Gasteiger charge is 2.24.